The zero-order valence-corrected chi connectivity index (χ0v) is 10.8. The van der Waals surface area contributed by atoms with Gasteiger partial charge in [-0.2, -0.15) is 0 Å². The number of ether oxygens (including phenoxy) is 1. The van der Waals surface area contributed by atoms with E-state index in [1.54, 1.807) is 0 Å². The highest BCUT2D eigenvalue weighted by atomic mass is 16.6. The normalized spacial score (nSPS) is 15.0. The molecule has 0 atom stereocenters. The molecule has 8 heteroatoms. The van der Waals surface area contributed by atoms with Gasteiger partial charge in [-0.1, -0.05) is 0 Å². The van der Waals surface area contributed by atoms with Crippen molar-refractivity contribution in [1.82, 2.24) is 0 Å². The van der Waals surface area contributed by atoms with Crippen LogP contribution >= 0.6 is 0 Å². The average Bonchev–Trinajstić information content (AvgIpc) is 3.26. The minimum Gasteiger partial charge on any atom is -0.480 e. The van der Waals surface area contributed by atoms with Crippen molar-refractivity contribution in [1.29, 1.82) is 0 Å². The van der Waals surface area contributed by atoms with Gasteiger partial charge in [-0.05, 0) is 25.0 Å². The van der Waals surface area contributed by atoms with Crippen LogP contribution in [0, 0.1) is 15.5 Å². The SMILES string of the molecule is O=C(COC(=O)C1(C(=O)O)CC1)c1ccc([N+](=O)[O-])cc1. The quantitative estimate of drug-likeness (QED) is 0.274. The Hall–Kier alpha value is -2.77. The summed E-state index contributed by atoms with van der Waals surface area (Å²) in [4.78, 5) is 44.1. The lowest BCUT2D eigenvalue weighted by molar-refractivity contribution is -0.384. The highest BCUT2D eigenvalue weighted by molar-refractivity contribution is 6.04. The van der Waals surface area contributed by atoms with Crippen molar-refractivity contribution >= 4 is 23.4 Å². The van der Waals surface area contributed by atoms with Crippen LogP contribution in [0.1, 0.15) is 23.2 Å². The molecule has 2 rings (SSSR count). The second kappa shape index (κ2) is 5.31. The van der Waals surface area contributed by atoms with E-state index in [1.165, 1.54) is 12.1 Å². The number of esters is 1. The third-order valence-electron chi connectivity index (χ3n) is 3.28. The van der Waals surface area contributed by atoms with Gasteiger partial charge in [0.2, 0.25) is 0 Å². The number of rotatable bonds is 6. The number of carboxylic acid groups (broad SMARTS) is 1. The van der Waals surface area contributed by atoms with Gasteiger partial charge in [0, 0.05) is 17.7 Å². The minimum atomic E-state index is -1.50. The Morgan fingerprint density at radius 1 is 1.24 bits per heavy atom. The zero-order valence-electron chi connectivity index (χ0n) is 10.8. The molecule has 1 aliphatic carbocycles. The van der Waals surface area contributed by atoms with E-state index in [1.807, 2.05) is 0 Å². The first-order valence-electron chi connectivity index (χ1n) is 6.05. The second-order valence-corrected chi connectivity index (χ2v) is 4.69. The van der Waals surface area contributed by atoms with Crippen LogP contribution in [-0.4, -0.2) is 34.4 Å². The molecule has 0 radical (unpaired) electrons. The first-order chi connectivity index (χ1) is 9.86. The molecule has 1 aromatic carbocycles. The maximum Gasteiger partial charge on any atom is 0.323 e. The van der Waals surface area contributed by atoms with Crippen molar-refractivity contribution < 1.29 is 29.2 Å². The van der Waals surface area contributed by atoms with E-state index in [0.29, 0.717) is 0 Å². The number of Topliss-reactive ketones (excluding diaryl/α,β-unsaturated/α-hetero) is 1. The van der Waals surface area contributed by atoms with Crippen molar-refractivity contribution in [2.24, 2.45) is 5.41 Å². The van der Waals surface area contributed by atoms with Gasteiger partial charge < -0.3 is 9.84 Å². The summed E-state index contributed by atoms with van der Waals surface area (Å²) in [6.45, 7) is -0.592. The third kappa shape index (κ3) is 2.88. The summed E-state index contributed by atoms with van der Waals surface area (Å²) in [5, 5.41) is 19.4. The van der Waals surface area contributed by atoms with Gasteiger partial charge >= 0.3 is 11.9 Å². The van der Waals surface area contributed by atoms with E-state index >= 15 is 0 Å². The third-order valence-corrected chi connectivity index (χ3v) is 3.28. The van der Waals surface area contributed by atoms with E-state index in [-0.39, 0.29) is 24.1 Å². The lowest BCUT2D eigenvalue weighted by Crippen LogP contribution is -2.29. The number of carbonyl (C=O) groups excluding carboxylic acids is 2. The highest BCUT2D eigenvalue weighted by Crippen LogP contribution is 2.46. The minimum absolute atomic E-state index is 0.147. The van der Waals surface area contributed by atoms with Crippen LogP contribution in [0.2, 0.25) is 0 Å². The predicted octanol–water partition coefficient (Wildman–Crippen LogP) is 1.19. The Morgan fingerprint density at radius 3 is 2.24 bits per heavy atom. The number of nitrogens with zero attached hydrogens (tertiary/aromatic N) is 1. The standard InChI is InChI=1S/C13H11NO7/c15-10(8-1-3-9(4-2-8)14(19)20)7-21-12(18)13(5-6-13)11(16)17/h1-4H,5-7H2,(H,16,17). The molecule has 1 N–H and O–H groups in total. The van der Waals surface area contributed by atoms with E-state index in [9.17, 15) is 24.5 Å². The number of carbonyl (C=O) groups is 3. The van der Waals surface area contributed by atoms with Gasteiger partial charge in [0.05, 0.1) is 4.92 Å². The van der Waals surface area contributed by atoms with Crippen molar-refractivity contribution in [3.05, 3.63) is 39.9 Å². The molecule has 0 amide bonds. The average molecular weight is 293 g/mol. The Balaban J connectivity index is 1.94. The molecule has 0 aromatic heterocycles. The molecular weight excluding hydrogens is 282 g/mol. The highest BCUT2D eigenvalue weighted by Gasteiger charge is 2.58. The summed E-state index contributed by atoms with van der Waals surface area (Å²) >= 11 is 0. The van der Waals surface area contributed by atoms with Crippen LogP contribution < -0.4 is 0 Å². The maximum atomic E-state index is 11.8. The summed E-state index contributed by atoms with van der Waals surface area (Å²) in [7, 11) is 0. The molecule has 0 unspecified atom stereocenters. The Morgan fingerprint density at radius 2 is 1.81 bits per heavy atom. The number of aliphatic carboxylic acids is 1. The number of carboxylic acids is 1. The van der Waals surface area contributed by atoms with Gasteiger partial charge in [0.1, 0.15) is 0 Å². The molecular formula is C13H11NO7. The van der Waals surface area contributed by atoms with Gasteiger partial charge in [0.25, 0.3) is 5.69 Å². The number of ketones is 1. The van der Waals surface area contributed by atoms with Gasteiger partial charge in [-0.3, -0.25) is 24.5 Å². The molecule has 1 saturated carbocycles. The first-order valence-corrected chi connectivity index (χ1v) is 6.05. The van der Waals surface area contributed by atoms with Crippen molar-refractivity contribution in [3.63, 3.8) is 0 Å². The van der Waals surface area contributed by atoms with E-state index in [4.69, 9.17) is 9.84 Å². The van der Waals surface area contributed by atoms with Crippen LogP contribution in [0.15, 0.2) is 24.3 Å². The summed E-state index contributed by atoms with van der Waals surface area (Å²) in [5.41, 5.74) is -1.52. The monoisotopic (exact) mass is 293 g/mol. The van der Waals surface area contributed by atoms with Crippen molar-refractivity contribution in [2.45, 2.75) is 12.8 Å². The fourth-order valence-electron chi connectivity index (χ4n) is 1.75. The zero-order chi connectivity index (χ0) is 15.6. The molecule has 8 nitrogen and oxygen atoms in total. The number of nitro benzene ring substituents is 1. The predicted molar refractivity (Wildman–Crippen MR) is 67.7 cm³/mol. The number of nitro groups is 1. The Bertz CT molecular complexity index is 616. The largest absolute Gasteiger partial charge is 0.480 e. The number of benzene rings is 1. The molecule has 0 spiro atoms. The van der Waals surface area contributed by atoms with Crippen LogP contribution in [0.5, 0.6) is 0 Å². The maximum absolute atomic E-state index is 11.8. The van der Waals surface area contributed by atoms with Crippen molar-refractivity contribution in [2.75, 3.05) is 6.61 Å². The smallest absolute Gasteiger partial charge is 0.323 e. The second-order valence-electron chi connectivity index (χ2n) is 4.69. The molecule has 0 bridgehead atoms. The van der Waals surface area contributed by atoms with Crippen LogP contribution in [0.3, 0.4) is 0 Å². The molecule has 0 saturated heterocycles. The molecule has 21 heavy (non-hydrogen) atoms. The van der Waals surface area contributed by atoms with E-state index in [0.717, 1.165) is 12.1 Å². The van der Waals surface area contributed by atoms with Crippen LogP contribution in [0.25, 0.3) is 0 Å². The molecule has 1 aromatic rings. The Labute approximate surface area is 118 Å². The Kier molecular flexibility index (Phi) is 3.70. The van der Waals surface area contributed by atoms with Gasteiger partial charge in [-0.25, -0.2) is 0 Å². The topological polar surface area (TPSA) is 124 Å². The summed E-state index contributed by atoms with van der Waals surface area (Å²) in [6, 6.07) is 4.82. The fourth-order valence-corrected chi connectivity index (χ4v) is 1.75. The van der Waals surface area contributed by atoms with Gasteiger partial charge in [0.15, 0.2) is 17.8 Å². The van der Waals surface area contributed by atoms with E-state index < -0.39 is 34.7 Å². The molecule has 0 heterocycles. The lowest BCUT2D eigenvalue weighted by Gasteiger charge is -2.09. The molecule has 0 aliphatic heterocycles. The summed E-state index contributed by atoms with van der Waals surface area (Å²) in [6.07, 6.45) is 0.403. The molecule has 1 aliphatic rings. The number of non-ortho nitro benzene ring substituents is 1. The van der Waals surface area contributed by atoms with E-state index in [2.05, 4.69) is 0 Å². The number of hydrogen-bond donors (Lipinski definition) is 1. The fraction of sp³-hybridized carbons (Fsp3) is 0.308. The lowest BCUT2D eigenvalue weighted by atomic mass is 10.1. The van der Waals surface area contributed by atoms with Crippen molar-refractivity contribution in [3.8, 4) is 0 Å². The van der Waals surface area contributed by atoms with Gasteiger partial charge in [-0.15, -0.1) is 0 Å². The summed E-state index contributed by atoms with van der Waals surface area (Å²) in [5.74, 6) is -2.74. The number of hydrogen-bond acceptors (Lipinski definition) is 6. The first kappa shape index (κ1) is 14.6. The van der Waals surface area contributed by atoms with Crippen LogP contribution in [-0.2, 0) is 14.3 Å². The molecule has 1 fully saturated rings. The van der Waals surface area contributed by atoms with Crippen LogP contribution in [0.4, 0.5) is 5.69 Å². The summed E-state index contributed by atoms with van der Waals surface area (Å²) < 4.78 is 4.72. The molecule has 110 valence electrons.